The maximum Gasteiger partial charge on any atom is 0.328 e. The van der Waals surface area contributed by atoms with Crippen LogP contribution in [-0.4, -0.2) is 16.0 Å². The fourth-order valence-electron chi connectivity index (χ4n) is 1.86. The molecular formula is C16H13FN4O2S. The molecular weight excluding hydrogens is 331 g/mol. The summed E-state index contributed by atoms with van der Waals surface area (Å²) in [4.78, 5) is 16.9. The van der Waals surface area contributed by atoms with Gasteiger partial charge in [-0.2, -0.15) is 4.98 Å². The van der Waals surface area contributed by atoms with Crippen LogP contribution in [0.25, 0.3) is 0 Å². The average Bonchev–Trinajstić information content (AvgIpc) is 2.99. The third kappa shape index (κ3) is 4.11. The summed E-state index contributed by atoms with van der Waals surface area (Å²) in [5, 5.41) is 6.14. The summed E-state index contributed by atoms with van der Waals surface area (Å²) >= 11 is 1.32. The smallest absolute Gasteiger partial charge is 0.326 e. The molecule has 3 rings (SSSR count). The molecule has 0 unspecified atom stereocenters. The first-order valence-electron chi connectivity index (χ1n) is 7.00. The Morgan fingerprint density at radius 3 is 2.71 bits per heavy atom. The van der Waals surface area contributed by atoms with Crippen molar-refractivity contribution in [1.29, 1.82) is 0 Å². The number of carbonyl (C=O) groups is 1. The Bertz CT molecular complexity index is 851. The average molecular weight is 344 g/mol. The van der Waals surface area contributed by atoms with Gasteiger partial charge in [-0.25, -0.2) is 4.39 Å². The van der Waals surface area contributed by atoms with Crippen molar-refractivity contribution < 1.29 is 13.7 Å². The lowest BCUT2D eigenvalue weighted by Gasteiger charge is -2.07. The predicted molar refractivity (Wildman–Crippen MR) is 89.3 cm³/mol. The molecule has 0 aliphatic carbocycles. The molecule has 6 nitrogen and oxygen atoms in total. The number of benzene rings is 2. The number of nitrogens with one attached hydrogen (secondary N) is 2. The van der Waals surface area contributed by atoms with Crippen LogP contribution in [0.3, 0.4) is 0 Å². The highest BCUT2D eigenvalue weighted by molar-refractivity contribution is 8.00. The van der Waals surface area contributed by atoms with Crippen molar-refractivity contribution in [2.75, 3.05) is 10.0 Å². The highest BCUT2D eigenvalue weighted by Crippen LogP contribution is 2.22. The van der Waals surface area contributed by atoms with Gasteiger partial charge >= 0.3 is 6.01 Å². The zero-order valence-corrected chi connectivity index (χ0v) is 13.4. The summed E-state index contributed by atoms with van der Waals surface area (Å²) in [7, 11) is 0. The molecule has 0 aliphatic rings. The Kier molecular flexibility index (Phi) is 4.76. The quantitative estimate of drug-likeness (QED) is 0.684. The molecule has 2 aromatic carbocycles. The monoisotopic (exact) mass is 344 g/mol. The van der Waals surface area contributed by atoms with Gasteiger partial charge in [0, 0.05) is 16.1 Å². The zero-order valence-electron chi connectivity index (χ0n) is 12.6. The standard InChI is InChI=1S/C16H13FN4O2S/c1-10-18-16(23-20-10)19-15(22)11-3-2-4-13(9-11)21-24-14-7-5-12(17)6-8-14/h2-9,21H,1H3,(H,18,19,20,22). The van der Waals surface area contributed by atoms with E-state index in [-0.39, 0.29) is 17.7 Å². The van der Waals surface area contributed by atoms with Crippen LogP contribution in [-0.2, 0) is 0 Å². The zero-order chi connectivity index (χ0) is 16.9. The van der Waals surface area contributed by atoms with Gasteiger partial charge in [-0.1, -0.05) is 11.2 Å². The lowest BCUT2D eigenvalue weighted by atomic mass is 10.2. The van der Waals surface area contributed by atoms with Gasteiger partial charge in [0.05, 0.1) is 0 Å². The number of halogens is 1. The molecule has 0 aliphatic heterocycles. The van der Waals surface area contributed by atoms with E-state index in [9.17, 15) is 9.18 Å². The van der Waals surface area contributed by atoms with E-state index < -0.39 is 0 Å². The maximum absolute atomic E-state index is 12.9. The summed E-state index contributed by atoms with van der Waals surface area (Å²) in [6, 6.07) is 13.1. The van der Waals surface area contributed by atoms with Gasteiger partial charge in [0.2, 0.25) is 0 Å². The normalized spacial score (nSPS) is 10.4. The van der Waals surface area contributed by atoms with E-state index in [2.05, 4.69) is 20.2 Å². The van der Waals surface area contributed by atoms with Crippen LogP contribution in [0.1, 0.15) is 16.2 Å². The van der Waals surface area contributed by atoms with Gasteiger partial charge in [0.1, 0.15) is 5.82 Å². The first-order valence-corrected chi connectivity index (χ1v) is 7.82. The van der Waals surface area contributed by atoms with Gasteiger partial charge in [-0.05, 0) is 61.3 Å². The molecule has 8 heteroatoms. The number of amides is 1. The van der Waals surface area contributed by atoms with Gasteiger partial charge in [-0.15, -0.1) is 0 Å². The fraction of sp³-hybridized carbons (Fsp3) is 0.0625. The number of nitrogens with zero attached hydrogens (tertiary/aromatic N) is 2. The summed E-state index contributed by atoms with van der Waals surface area (Å²) in [6.07, 6.45) is 0. The second-order valence-corrected chi connectivity index (χ2v) is 5.72. The van der Waals surface area contributed by atoms with Gasteiger partial charge < -0.3 is 9.25 Å². The molecule has 0 radical (unpaired) electrons. The van der Waals surface area contributed by atoms with E-state index in [4.69, 9.17) is 4.52 Å². The van der Waals surface area contributed by atoms with Crippen molar-refractivity contribution in [1.82, 2.24) is 10.1 Å². The largest absolute Gasteiger partial charge is 0.328 e. The molecule has 0 saturated carbocycles. The van der Waals surface area contributed by atoms with Crippen molar-refractivity contribution in [2.24, 2.45) is 0 Å². The summed E-state index contributed by atoms with van der Waals surface area (Å²) in [5.41, 5.74) is 1.18. The maximum atomic E-state index is 12.9. The van der Waals surface area contributed by atoms with E-state index in [1.54, 1.807) is 37.3 Å². The third-order valence-corrected chi connectivity index (χ3v) is 3.82. The number of rotatable bonds is 5. The number of carbonyl (C=O) groups excluding carboxylic acids is 1. The fourth-order valence-corrected chi connectivity index (χ4v) is 2.50. The number of aryl methyl sites for hydroxylation is 1. The van der Waals surface area contributed by atoms with Crippen molar-refractivity contribution in [3.8, 4) is 0 Å². The second kappa shape index (κ2) is 7.14. The number of hydrogen-bond donors (Lipinski definition) is 2. The van der Waals surface area contributed by atoms with Gasteiger partial charge in [0.15, 0.2) is 5.82 Å². The van der Waals surface area contributed by atoms with Gasteiger partial charge in [-0.3, -0.25) is 10.1 Å². The molecule has 0 bridgehead atoms. The highest BCUT2D eigenvalue weighted by Gasteiger charge is 2.11. The van der Waals surface area contributed by atoms with Crippen LogP contribution in [0, 0.1) is 12.7 Å². The second-order valence-electron chi connectivity index (χ2n) is 4.84. The molecule has 1 amide bonds. The Labute approximate surface area is 141 Å². The lowest BCUT2D eigenvalue weighted by Crippen LogP contribution is -2.12. The molecule has 1 aromatic heterocycles. The number of anilines is 2. The predicted octanol–water partition coefficient (Wildman–Crippen LogP) is 3.89. The van der Waals surface area contributed by atoms with E-state index in [0.717, 1.165) is 10.6 Å². The first kappa shape index (κ1) is 16.0. The molecule has 2 N–H and O–H groups in total. The Hall–Kier alpha value is -2.87. The molecule has 0 saturated heterocycles. The van der Waals surface area contributed by atoms with E-state index in [1.807, 2.05) is 6.07 Å². The van der Waals surface area contributed by atoms with Crippen LogP contribution < -0.4 is 10.0 Å². The van der Waals surface area contributed by atoms with Crippen molar-refractivity contribution >= 4 is 29.6 Å². The van der Waals surface area contributed by atoms with Crippen LogP contribution in [0.5, 0.6) is 0 Å². The first-order chi connectivity index (χ1) is 11.6. The highest BCUT2D eigenvalue weighted by atomic mass is 32.2. The minimum absolute atomic E-state index is 0.0524. The van der Waals surface area contributed by atoms with Crippen LogP contribution >= 0.6 is 11.9 Å². The van der Waals surface area contributed by atoms with Crippen LogP contribution in [0.2, 0.25) is 0 Å². The SMILES string of the molecule is Cc1noc(NC(=O)c2cccc(NSc3ccc(F)cc3)c2)n1. The van der Waals surface area contributed by atoms with E-state index >= 15 is 0 Å². The topological polar surface area (TPSA) is 80.0 Å². The molecule has 1 heterocycles. The molecule has 3 aromatic rings. The van der Waals surface area contributed by atoms with Crippen LogP contribution in [0.4, 0.5) is 16.1 Å². The molecule has 0 spiro atoms. The van der Waals surface area contributed by atoms with Gasteiger partial charge in [0.25, 0.3) is 5.91 Å². The third-order valence-electron chi connectivity index (χ3n) is 2.97. The Morgan fingerprint density at radius 1 is 1.21 bits per heavy atom. The minimum Gasteiger partial charge on any atom is -0.326 e. The lowest BCUT2D eigenvalue weighted by molar-refractivity contribution is 0.102. The summed E-state index contributed by atoms with van der Waals surface area (Å²) < 4.78 is 20.8. The molecule has 24 heavy (non-hydrogen) atoms. The Balaban J connectivity index is 1.64. The van der Waals surface area contributed by atoms with Crippen molar-refractivity contribution in [3.05, 3.63) is 65.7 Å². The van der Waals surface area contributed by atoms with E-state index in [0.29, 0.717) is 11.4 Å². The minimum atomic E-state index is -0.353. The van der Waals surface area contributed by atoms with Crippen molar-refractivity contribution in [3.63, 3.8) is 0 Å². The number of hydrogen-bond acceptors (Lipinski definition) is 6. The number of aromatic nitrogens is 2. The summed E-state index contributed by atoms with van der Waals surface area (Å²) in [6.45, 7) is 1.66. The Morgan fingerprint density at radius 2 is 2.00 bits per heavy atom. The summed E-state index contributed by atoms with van der Waals surface area (Å²) in [5.74, 6) is -0.195. The van der Waals surface area contributed by atoms with E-state index in [1.165, 1.54) is 24.1 Å². The van der Waals surface area contributed by atoms with Crippen LogP contribution in [0.15, 0.2) is 57.9 Å². The van der Waals surface area contributed by atoms with Crippen molar-refractivity contribution in [2.45, 2.75) is 11.8 Å². The molecule has 0 fully saturated rings. The molecule has 122 valence electrons. The molecule has 0 atom stereocenters.